The molecule has 0 unspecified atom stereocenters. The quantitative estimate of drug-likeness (QED) is 0.473. The van der Waals surface area contributed by atoms with Gasteiger partial charge >= 0.3 is 5.97 Å². The van der Waals surface area contributed by atoms with E-state index >= 15 is 0 Å². The Morgan fingerprint density at radius 2 is 1.88 bits per heavy atom. The van der Waals surface area contributed by atoms with E-state index in [4.69, 9.17) is 4.74 Å². The molecule has 1 fully saturated rings. The molecule has 5 heteroatoms. The van der Waals surface area contributed by atoms with Crippen molar-refractivity contribution in [2.45, 2.75) is 52.7 Å². The number of hydrogen-bond acceptors (Lipinski definition) is 4. The summed E-state index contributed by atoms with van der Waals surface area (Å²) < 4.78 is 5.50. The summed E-state index contributed by atoms with van der Waals surface area (Å²) in [5, 5.41) is 0. The summed E-state index contributed by atoms with van der Waals surface area (Å²) in [4.78, 5) is 38.8. The lowest BCUT2D eigenvalue weighted by molar-refractivity contribution is -0.173. The fourth-order valence-corrected chi connectivity index (χ4v) is 2.71. The monoisotopic (exact) mass is 331 g/mol. The largest absolute Gasteiger partial charge is 0.459 e. The molecule has 0 spiro atoms. The van der Waals surface area contributed by atoms with Crippen LogP contribution in [0, 0.1) is 11.8 Å². The third-order valence-corrected chi connectivity index (χ3v) is 4.56. The summed E-state index contributed by atoms with van der Waals surface area (Å²) in [6.07, 6.45) is 0.825. The zero-order valence-electron chi connectivity index (χ0n) is 14.7. The highest BCUT2D eigenvalue weighted by molar-refractivity contribution is 6.07. The van der Waals surface area contributed by atoms with Crippen molar-refractivity contribution in [2.24, 2.45) is 11.8 Å². The molecular weight excluding hydrogens is 306 g/mol. The Morgan fingerprint density at radius 3 is 2.46 bits per heavy atom. The molecule has 1 aliphatic rings. The van der Waals surface area contributed by atoms with Crippen molar-refractivity contribution in [2.75, 3.05) is 0 Å². The van der Waals surface area contributed by atoms with Crippen LogP contribution in [0.1, 0.15) is 46.1 Å². The summed E-state index contributed by atoms with van der Waals surface area (Å²) in [5.41, 5.74) is 0.234. The second-order valence-corrected chi connectivity index (χ2v) is 7.00. The number of ether oxygens (including phenoxy) is 1. The first-order chi connectivity index (χ1) is 11.2. The number of imide groups is 1. The van der Waals surface area contributed by atoms with Gasteiger partial charge in [0.25, 0.3) is 0 Å². The Kier molecular flexibility index (Phi) is 5.42. The van der Waals surface area contributed by atoms with Crippen LogP contribution in [0.2, 0.25) is 0 Å². The van der Waals surface area contributed by atoms with Crippen LogP contribution in [0.3, 0.4) is 0 Å². The smallest absolute Gasteiger partial charge is 0.319 e. The molecule has 2 rings (SSSR count). The number of piperidine rings is 1. The van der Waals surface area contributed by atoms with Crippen molar-refractivity contribution in [3.63, 3.8) is 0 Å². The van der Waals surface area contributed by atoms with E-state index in [1.165, 1.54) is 4.90 Å². The predicted octanol–water partition coefficient (Wildman–Crippen LogP) is 2.93. The van der Waals surface area contributed by atoms with E-state index in [9.17, 15) is 14.4 Å². The molecule has 0 aromatic heterocycles. The van der Waals surface area contributed by atoms with Gasteiger partial charge in [-0.15, -0.1) is 0 Å². The minimum atomic E-state index is -0.919. The summed E-state index contributed by atoms with van der Waals surface area (Å²) in [7, 11) is 0. The van der Waals surface area contributed by atoms with Crippen molar-refractivity contribution in [3.8, 4) is 0 Å². The van der Waals surface area contributed by atoms with E-state index in [0.29, 0.717) is 6.42 Å². The van der Waals surface area contributed by atoms with Gasteiger partial charge < -0.3 is 4.74 Å². The highest BCUT2D eigenvalue weighted by atomic mass is 16.6. The molecule has 1 saturated heterocycles. The lowest BCUT2D eigenvalue weighted by Gasteiger charge is -2.35. The van der Waals surface area contributed by atoms with Crippen LogP contribution in [0.5, 0.6) is 0 Å². The molecule has 2 atom stereocenters. The van der Waals surface area contributed by atoms with Gasteiger partial charge in [-0.25, -0.2) is 0 Å². The lowest BCUT2D eigenvalue weighted by Crippen LogP contribution is -2.51. The molecule has 1 aromatic carbocycles. The minimum Gasteiger partial charge on any atom is -0.459 e. The predicted molar refractivity (Wildman–Crippen MR) is 89.7 cm³/mol. The normalized spacial score (nSPS) is 21.8. The first kappa shape index (κ1) is 18.2. The van der Waals surface area contributed by atoms with Crippen LogP contribution in [-0.2, 0) is 25.7 Å². The Hall–Kier alpha value is -2.17. The van der Waals surface area contributed by atoms with Gasteiger partial charge in [0, 0.05) is 6.42 Å². The number of carbonyl (C=O) groups excluding carboxylic acids is 3. The summed E-state index contributed by atoms with van der Waals surface area (Å²) >= 11 is 0. The number of amides is 2. The highest BCUT2D eigenvalue weighted by Gasteiger charge is 2.45. The molecule has 0 N–H and O–H groups in total. The average Bonchev–Trinajstić information content (AvgIpc) is 2.51. The number of esters is 1. The molecule has 0 aliphatic carbocycles. The number of hydrogen-bond donors (Lipinski definition) is 0. The van der Waals surface area contributed by atoms with E-state index in [-0.39, 0.29) is 24.8 Å². The number of nitrogens with zero attached hydrogens (tertiary/aromatic N) is 1. The molecule has 1 aromatic rings. The first-order valence-corrected chi connectivity index (χ1v) is 8.36. The van der Waals surface area contributed by atoms with Gasteiger partial charge in [0.15, 0.2) is 0 Å². The summed E-state index contributed by atoms with van der Waals surface area (Å²) in [5.74, 6) is -2.51. The third-order valence-electron chi connectivity index (χ3n) is 4.56. The maximum absolute atomic E-state index is 12.8. The zero-order chi connectivity index (χ0) is 17.9. The van der Waals surface area contributed by atoms with E-state index in [1.807, 2.05) is 51.1 Å². The molecule has 0 radical (unpaired) electrons. The van der Waals surface area contributed by atoms with Crippen LogP contribution in [0.25, 0.3) is 0 Å². The van der Waals surface area contributed by atoms with Crippen molar-refractivity contribution >= 4 is 17.8 Å². The number of likely N-dealkylation sites (tertiary alicyclic amines) is 1. The summed E-state index contributed by atoms with van der Waals surface area (Å²) in [6.45, 7) is 7.49. The molecule has 5 nitrogen and oxygen atoms in total. The maximum Gasteiger partial charge on any atom is 0.319 e. The second kappa shape index (κ2) is 7.16. The Bertz CT molecular complexity index is 624. The molecular formula is C19H25NO4. The highest BCUT2D eigenvalue weighted by Crippen LogP contribution is 2.29. The zero-order valence-corrected chi connectivity index (χ0v) is 14.7. The fraction of sp³-hybridized carbons (Fsp3) is 0.526. The molecule has 0 saturated carbocycles. The topological polar surface area (TPSA) is 63.7 Å². The van der Waals surface area contributed by atoms with Gasteiger partial charge in [-0.05, 0) is 31.7 Å². The number of rotatable bonds is 5. The van der Waals surface area contributed by atoms with Crippen LogP contribution in [-0.4, -0.2) is 28.3 Å². The second-order valence-electron chi connectivity index (χ2n) is 7.00. The van der Waals surface area contributed by atoms with Crippen LogP contribution < -0.4 is 0 Å². The molecule has 130 valence electrons. The van der Waals surface area contributed by atoms with E-state index in [2.05, 4.69) is 0 Å². The SMILES string of the molecule is CCC(C)(C)OC(=O)[C@@H]1C(=O)N(Cc2ccccc2)C(=O)C[C@H]1C. The van der Waals surface area contributed by atoms with Gasteiger partial charge in [0.05, 0.1) is 6.54 Å². The Morgan fingerprint density at radius 1 is 1.25 bits per heavy atom. The van der Waals surface area contributed by atoms with Crippen LogP contribution in [0.4, 0.5) is 0 Å². The van der Waals surface area contributed by atoms with Crippen molar-refractivity contribution in [3.05, 3.63) is 35.9 Å². The van der Waals surface area contributed by atoms with E-state index in [0.717, 1.165) is 5.56 Å². The van der Waals surface area contributed by atoms with Crippen molar-refractivity contribution in [1.29, 1.82) is 0 Å². The van der Waals surface area contributed by atoms with Crippen molar-refractivity contribution in [1.82, 2.24) is 4.90 Å². The number of carbonyl (C=O) groups is 3. The summed E-state index contributed by atoms with van der Waals surface area (Å²) in [6, 6.07) is 9.29. The molecule has 1 aliphatic heterocycles. The average molecular weight is 331 g/mol. The van der Waals surface area contributed by atoms with Crippen LogP contribution >= 0.6 is 0 Å². The molecule has 2 amide bonds. The van der Waals surface area contributed by atoms with Gasteiger partial charge in [-0.1, -0.05) is 44.2 Å². The van der Waals surface area contributed by atoms with Crippen LogP contribution in [0.15, 0.2) is 30.3 Å². The molecule has 24 heavy (non-hydrogen) atoms. The fourth-order valence-electron chi connectivity index (χ4n) is 2.71. The minimum absolute atomic E-state index is 0.172. The lowest BCUT2D eigenvalue weighted by atomic mass is 9.85. The maximum atomic E-state index is 12.8. The third kappa shape index (κ3) is 4.02. The van der Waals surface area contributed by atoms with Gasteiger partial charge in [0.2, 0.25) is 11.8 Å². The number of benzene rings is 1. The van der Waals surface area contributed by atoms with E-state index in [1.54, 1.807) is 6.92 Å². The first-order valence-electron chi connectivity index (χ1n) is 8.36. The Labute approximate surface area is 143 Å². The van der Waals surface area contributed by atoms with Gasteiger partial charge in [0.1, 0.15) is 11.5 Å². The Balaban J connectivity index is 2.18. The molecule has 0 bridgehead atoms. The van der Waals surface area contributed by atoms with Gasteiger partial charge in [-0.2, -0.15) is 0 Å². The molecule has 1 heterocycles. The van der Waals surface area contributed by atoms with E-state index < -0.39 is 23.4 Å². The standard InChI is InChI=1S/C19H25NO4/c1-5-19(3,4)24-18(23)16-13(2)11-15(21)20(17(16)22)12-14-9-7-6-8-10-14/h6-10,13,16H,5,11-12H2,1-4H3/t13-,16+/m1/s1. The van der Waals surface area contributed by atoms with Gasteiger partial charge in [-0.3, -0.25) is 19.3 Å². The van der Waals surface area contributed by atoms with Crippen molar-refractivity contribution < 1.29 is 19.1 Å².